The van der Waals surface area contributed by atoms with Crippen molar-refractivity contribution in [1.82, 2.24) is 4.90 Å². The molecule has 1 aromatic carbocycles. The highest BCUT2D eigenvalue weighted by molar-refractivity contribution is 7.12. The molecule has 0 aliphatic heterocycles. The molecule has 0 bridgehead atoms. The van der Waals surface area contributed by atoms with E-state index >= 15 is 0 Å². The minimum absolute atomic E-state index is 0.136. The Morgan fingerprint density at radius 2 is 2.04 bits per heavy atom. The molecule has 1 aromatic heterocycles. The minimum atomic E-state index is -1.03. The maximum Gasteiger partial charge on any atom is 0.336 e. The molecule has 2 rings (SSSR count). The number of hydrogen-bond donors (Lipinski definition) is 1. The third kappa shape index (κ3) is 3.53. The Labute approximate surface area is 139 Å². The van der Waals surface area contributed by atoms with E-state index in [4.69, 9.17) is 9.84 Å². The van der Waals surface area contributed by atoms with Gasteiger partial charge in [0.2, 0.25) is 0 Å². The van der Waals surface area contributed by atoms with Crippen LogP contribution in [0.4, 0.5) is 0 Å². The van der Waals surface area contributed by atoms with Gasteiger partial charge in [-0.05, 0) is 18.6 Å². The van der Waals surface area contributed by atoms with Gasteiger partial charge in [-0.2, -0.15) is 0 Å². The predicted octanol–water partition coefficient (Wildman–Crippen LogP) is 3.68. The maximum atomic E-state index is 12.7. The molecule has 2 aromatic rings. The molecule has 1 atom stereocenters. The Bertz CT molecular complexity index is 710. The van der Waals surface area contributed by atoms with Gasteiger partial charge >= 0.3 is 5.97 Å². The van der Waals surface area contributed by atoms with Crippen LogP contribution in [-0.2, 0) is 0 Å². The summed E-state index contributed by atoms with van der Waals surface area (Å²) in [6.07, 6.45) is 0.722. The van der Waals surface area contributed by atoms with E-state index in [2.05, 4.69) is 0 Å². The standard InChI is InChI=1S/C17H19NO4S/c1-4-13(12-7-5-6-8-14(12)22-3)18(2)16(19)15-9-11(10-23-15)17(20)21/h5-10,13H,4H2,1-3H3,(H,20,21). The summed E-state index contributed by atoms with van der Waals surface area (Å²) in [5, 5.41) is 10.5. The molecule has 1 amide bonds. The molecule has 1 N–H and O–H groups in total. The lowest BCUT2D eigenvalue weighted by Crippen LogP contribution is -2.30. The molecule has 6 heteroatoms. The van der Waals surface area contributed by atoms with Crippen LogP contribution in [0, 0.1) is 0 Å². The van der Waals surface area contributed by atoms with E-state index in [0.29, 0.717) is 4.88 Å². The Balaban J connectivity index is 2.29. The Morgan fingerprint density at radius 1 is 1.35 bits per heavy atom. The summed E-state index contributed by atoms with van der Waals surface area (Å²) in [5.41, 5.74) is 1.07. The van der Waals surface area contributed by atoms with Gasteiger partial charge in [0.1, 0.15) is 5.75 Å². The number of carbonyl (C=O) groups is 2. The molecule has 5 nitrogen and oxygen atoms in total. The highest BCUT2D eigenvalue weighted by Crippen LogP contribution is 2.32. The number of amides is 1. The summed E-state index contributed by atoms with van der Waals surface area (Å²) in [6, 6.07) is 8.87. The first-order chi connectivity index (χ1) is 11.0. The fourth-order valence-corrected chi connectivity index (χ4v) is 3.38. The Hall–Kier alpha value is -2.34. The number of carboxylic acids is 1. The van der Waals surface area contributed by atoms with E-state index in [-0.39, 0.29) is 17.5 Å². The molecule has 0 saturated carbocycles. The normalized spacial score (nSPS) is 11.8. The van der Waals surface area contributed by atoms with Gasteiger partial charge in [-0.1, -0.05) is 25.1 Å². The largest absolute Gasteiger partial charge is 0.496 e. The molecule has 1 heterocycles. The van der Waals surface area contributed by atoms with Gasteiger partial charge < -0.3 is 14.7 Å². The zero-order chi connectivity index (χ0) is 17.0. The molecule has 0 aliphatic rings. The zero-order valence-corrected chi connectivity index (χ0v) is 14.1. The topological polar surface area (TPSA) is 66.8 Å². The molecule has 0 spiro atoms. The maximum absolute atomic E-state index is 12.7. The molecular weight excluding hydrogens is 314 g/mol. The van der Waals surface area contributed by atoms with Crippen LogP contribution in [0.1, 0.15) is 45.0 Å². The number of hydrogen-bond acceptors (Lipinski definition) is 4. The van der Waals surface area contributed by atoms with E-state index in [1.165, 1.54) is 11.4 Å². The lowest BCUT2D eigenvalue weighted by atomic mass is 10.0. The summed E-state index contributed by atoms with van der Waals surface area (Å²) >= 11 is 1.14. The number of rotatable bonds is 6. The fraction of sp³-hybridized carbons (Fsp3) is 0.294. The van der Waals surface area contributed by atoms with Gasteiger partial charge in [0, 0.05) is 18.0 Å². The summed E-state index contributed by atoms with van der Waals surface area (Å²) < 4.78 is 5.39. The Morgan fingerprint density at radius 3 is 2.61 bits per heavy atom. The van der Waals surface area contributed by atoms with Gasteiger partial charge in [-0.3, -0.25) is 4.79 Å². The molecule has 0 saturated heterocycles. The van der Waals surface area contributed by atoms with Gasteiger partial charge in [-0.25, -0.2) is 4.79 Å². The van der Waals surface area contributed by atoms with Crippen LogP contribution >= 0.6 is 11.3 Å². The quantitative estimate of drug-likeness (QED) is 0.876. The van der Waals surface area contributed by atoms with Gasteiger partial charge in [-0.15, -0.1) is 11.3 Å². The van der Waals surface area contributed by atoms with Crippen molar-refractivity contribution < 1.29 is 19.4 Å². The van der Waals surface area contributed by atoms with E-state index in [0.717, 1.165) is 29.1 Å². The first-order valence-electron chi connectivity index (χ1n) is 7.21. The summed E-state index contributed by atoms with van der Waals surface area (Å²) in [5.74, 6) is -0.489. The highest BCUT2D eigenvalue weighted by atomic mass is 32.1. The Kier molecular flexibility index (Phi) is 5.39. The van der Waals surface area contributed by atoms with E-state index in [9.17, 15) is 9.59 Å². The number of para-hydroxylation sites is 1. The van der Waals surface area contributed by atoms with Gasteiger partial charge in [0.15, 0.2) is 0 Å². The van der Waals surface area contributed by atoms with Crippen LogP contribution in [0.25, 0.3) is 0 Å². The number of thiophene rings is 1. The van der Waals surface area contributed by atoms with Crippen LogP contribution in [0.15, 0.2) is 35.7 Å². The van der Waals surface area contributed by atoms with Crippen LogP contribution in [0.3, 0.4) is 0 Å². The lowest BCUT2D eigenvalue weighted by Gasteiger charge is -2.28. The molecule has 122 valence electrons. The number of ether oxygens (including phenoxy) is 1. The molecule has 0 radical (unpaired) electrons. The number of benzene rings is 1. The van der Waals surface area contributed by atoms with Crippen molar-refractivity contribution in [2.45, 2.75) is 19.4 Å². The fourth-order valence-electron chi connectivity index (χ4n) is 2.52. The molecule has 23 heavy (non-hydrogen) atoms. The van der Waals surface area contributed by atoms with E-state index in [1.54, 1.807) is 19.1 Å². The number of carboxylic acid groups (broad SMARTS) is 1. The SMILES string of the molecule is CCC(c1ccccc1OC)N(C)C(=O)c1cc(C(=O)O)cs1. The molecule has 1 unspecified atom stereocenters. The lowest BCUT2D eigenvalue weighted by molar-refractivity contribution is 0.0697. The van der Waals surface area contributed by atoms with E-state index in [1.807, 2.05) is 31.2 Å². The monoisotopic (exact) mass is 333 g/mol. The predicted molar refractivity (Wildman–Crippen MR) is 89.4 cm³/mol. The summed E-state index contributed by atoms with van der Waals surface area (Å²) in [7, 11) is 3.33. The van der Waals surface area contributed by atoms with Crippen molar-refractivity contribution in [2.75, 3.05) is 14.2 Å². The number of nitrogens with zero attached hydrogens (tertiary/aromatic N) is 1. The van der Waals surface area contributed by atoms with Gasteiger partial charge in [0.25, 0.3) is 5.91 Å². The number of methoxy groups -OCH3 is 1. The summed E-state index contributed by atoms with van der Waals surface area (Å²) in [4.78, 5) is 25.7. The molecule has 0 fully saturated rings. The van der Waals surface area contributed by atoms with Crippen molar-refractivity contribution in [3.63, 3.8) is 0 Å². The average molecular weight is 333 g/mol. The van der Waals surface area contributed by atoms with Crippen molar-refractivity contribution in [2.24, 2.45) is 0 Å². The zero-order valence-electron chi connectivity index (χ0n) is 13.3. The van der Waals surface area contributed by atoms with Crippen LogP contribution < -0.4 is 4.74 Å². The van der Waals surface area contributed by atoms with Crippen molar-refractivity contribution >= 4 is 23.2 Å². The minimum Gasteiger partial charge on any atom is -0.496 e. The van der Waals surface area contributed by atoms with Gasteiger partial charge in [0.05, 0.1) is 23.6 Å². The second kappa shape index (κ2) is 7.28. The van der Waals surface area contributed by atoms with Crippen LogP contribution in [0.2, 0.25) is 0 Å². The number of aromatic carboxylic acids is 1. The van der Waals surface area contributed by atoms with Crippen LogP contribution in [-0.4, -0.2) is 36.0 Å². The van der Waals surface area contributed by atoms with Crippen molar-refractivity contribution in [3.05, 3.63) is 51.7 Å². The summed E-state index contributed by atoms with van der Waals surface area (Å²) in [6.45, 7) is 2.00. The second-order valence-electron chi connectivity index (χ2n) is 5.09. The third-order valence-corrected chi connectivity index (χ3v) is 4.65. The highest BCUT2D eigenvalue weighted by Gasteiger charge is 2.25. The smallest absolute Gasteiger partial charge is 0.336 e. The second-order valence-corrected chi connectivity index (χ2v) is 6.00. The average Bonchev–Trinajstić information content (AvgIpc) is 3.05. The molecular formula is C17H19NO4S. The van der Waals surface area contributed by atoms with E-state index < -0.39 is 5.97 Å². The third-order valence-electron chi connectivity index (χ3n) is 3.73. The molecule has 0 aliphatic carbocycles. The van der Waals surface area contributed by atoms with Crippen LogP contribution in [0.5, 0.6) is 5.75 Å². The van der Waals surface area contributed by atoms with Crippen molar-refractivity contribution in [3.8, 4) is 5.75 Å². The first kappa shape index (κ1) is 17.0. The first-order valence-corrected chi connectivity index (χ1v) is 8.09. The number of carbonyl (C=O) groups excluding carboxylic acids is 1. The van der Waals surface area contributed by atoms with Crippen molar-refractivity contribution in [1.29, 1.82) is 0 Å².